The molecule has 2 atom stereocenters. The smallest absolute Gasteiger partial charge is 0.320 e. The van der Waals surface area contributed by atoms with Gasteiger partial charge in [0.2, 0.25) is 0 Å². The Morgan fingerprint density at radius 3 is 2.24 bits per heavy atom. The SMILES string of the molecule is CCOC(=O)C1(c2ccccc2)C=CC(N2CCN(c3ccccc3)CC2)CC1. The molecule has 0 N–H and O–H groups in total. The fourth-order valence-electron chi connectivity index (χ4n) is 4.61. The van der Waals surface area contributed by atoms with E-state index in [2.05, 4.69) is 52.3 Å². The van der Waals surface area contributed by atoms with Crippen LogP contribution in [-0.4, -0.2) is 49.7 Å². The van der Waals surface area contributed by atoms with E-state index < -0.39 is 5.41 Å². The number of hydrogen-bond donors (Lipinski definition) is 0. The number of hydrogen-bond acceptors (Lipinski definition) is 4. The van der Waals surface area contributed by atoms with E-state index >= 15 is 0 Å². The third-order valence-electron chi connectivity index (χ3n) is 6.27. The zero-order valence-corrected chi connectivity index (χ0v) is 17.2. The summed E-state index contributed by atoms with van der Waals surface area (Å²) in [5, 5.41) is 0. The molecule has 0 aromatic heterocycles. The first-order valence-electron chi connectivity index (χ1n) is 10.7. The summed E-state index contributed by atoms with van der Waals surface area (Å²) in [7, 11) is 0. The van der Waals surface area contributed by atoms with Crippen LogP contribution in [0.1, 0.15) is 25.3 Å². The first-order chi connectivity index (χ1) is 14.2. The van der Waals surface area contributed by atoms with Crippen LogP contribution in [0.25, 0.3) is 0 Å². The molecule has 0 spiro atoms. The van der Waals surface area contributed by atoms with Crippen LogP contribution >= 0.6 is 0 Å². The van der Waals surface area contributed by atoms with E-state index in [0.29, 0.717) is 12.6 Å². The minimum absolute atomic E-state index is 0.130. The largest absolute Gasteiger partial charge is 0.465 e. The van der Waals surface area contributed by atoms with Gasteiger partial charge in [-0.2, -0.15) is 0 Å². The van der Waals surface area contributed by atoms with Gasteiger partial charge in [0.05, 0.1) is 6.61 Å². The van der Waals surface area contributed by atoms with E-state index in [0.717, 1.165) is 44.6 Å². The van der Waals surface area contributed by atoms with Crippen molar-refractivity contribution in [3.63, 3.8) is 0 Å². The maximum Gasteiger partial charge on any atom is 0.320 e. The van der Waals surface area contributed by atoms with Crippen LogP contribution in [-0.2, 0) is 14.9 Å². The van der Waals surface area contributed by atoms with Crippen molar-refractivity contribution in [1.82, 2.24) is 4.90 Å². The lowest BCUT2D eigenvalue weighted by Crippen LogP contribution is -2.51. The zero-order chi connectivity index (χ0) is 20.1. The lowest BCUT2D eigenvalue weighted by Gasteiger charge is -2.42. The highest BCUT2D eigenvalue weighted by Crippen LogP contribution is 2.38. The number of anilines is 1. The molecule has 4 nitrogen and oxygen atoms in total. The van der Waals surface area contributed by atoms with Gasteiger partial charge in [-0.25, -0.2) is 0 Å². The molecule has 0 amide bonds. The van der Waals surface area contributed by atoms with E-state index in [-0.39, 0.29) is 5.97 Å². The van der Waals surface area contributed by atoms with Crippen molar-refractivity contribution >= 4 is 11.7 Å². The van der Waals surface area contributed by atoms with Gasteiger partial charge >= 0.3 is 5.97 Å². The second-order valence-corrected chi connectivity index (χ2v) is 7.88. The van der Waals surface area contributed by atoms with Crippen LogP contribution in [0.5, 0.6) is 0 Å². The number of esters is 1. The van der Waals surface area contributed by atoms with Crippen LogP contribution in [0.3, 0.4) is 0 Å². The molecule has 152 valence electrons. The second kappa shape index (κ2) is 8.83. The molecule has 4 heteroatoms. The van der Waals surface area contributed by atoms with Crippen molar-refractivity contribution in [1.29, 1.82) is 0 Å². The lowest BCUT2D eigenvalue weighted by atomic mass is 9.72. The Morgan fingerprint density at radius 1 is 1.00 bits per heavy atom. The lowest BCUT2D eigenvalue weighted by molar-refractivity contribution is -0.148. The van der Waals surface area contributed by atoms with Crippen LogP contribution < -0.4 is 4.90 Å². The van der Waals surface area contributed by atoms with E-state index in [9.17, 15) is 4.79 Å². The third kappa shape index (κ3) is 4.08. The van der Waals surface area contributed by atoms with E-state index in [4.69, 9.17) is 4.74 Å². The maximum absolute atomic E-state index is 12.9. The van der Waals surface area contributed by atoms with Crippen molar-refractivity contribution in [2.24, 2.45) is 0 Å². The summed E-state index contributed by atoms with van der Waals surface area (Å²) in [6.45, 7) is 6.44. The molecule has 0 saturated carbocycles. The number of ether oxygens (including phenoxy) is 1. The molecule has 2 aromatic carbocycles. The molecule has 4 rings (SSSR count). The Balaban J connectivity index is 1.46. The molecule has 2 aliphatic rings. The van der Waals surface area contributed by atoms with Crippen molar-refractivity contribution in [3.05, 3.63) is 78.4 Å². The van der Waals surface area contributed by atoms with Gasteiger partial charge in [0.15, 0.2) is 0 Å². The molecule has 1 heterocycles. The number of rotatable bonds is 5. The molecular formula is C25H30N2O2. The molecule has 1 aliphatic carbocycles. The summed E-state index contributed by atoms with van der Waals surface area (Å²) < 4.78 is 5.47. The molecule has 1 aliphatic heterocycles. The quantitative estimate of drug-likeness (QED) is 0.570. The molecule has 2 aromatic rings. The summed E-state index contributed by atoms with van der Waals surface area (Å²) >= 11 is 0. The minimum atomic E-state index is -0.653. The number of benzene rings is 2. The molecule has 1 saturated heterocycles. The van der Waals surface area contributed by atoms with Crippen LogP contribution in [0.2, 0.25) is 0 Å². The standard InChI is InChI=1S/C25H30N2O2/c1-2-29-24(28)25(21-9-5-3-6-10-21)15-13-23(14-16-25)27-19-17-26(18-20-27)22-11-7-4-8-12-22/h3-13,15,23H,2,14,16-20H2,1H3. The highest BCUT2D eigenvalue weighted by Gasteiger charge is 2.42. The second-order valence-electron chi connectivity index (χ2n) is 7.88. The van der Waals surface area contributed by atoms with Gasteiger partial charge in [-0.3, -0.25) is 9.69 Å². The molecular weight excluding hydrogens is 360 g/mol. The van der Waals surface area contributed by atoms with Gasteiger partial charge in [0, 0.05) is 37.9 Å². The Labute approximate surface area is 173 Å². The van der Waals surface area contributed by atoms with Gasteiger partial charge in [-0.15, -0.1) is 0 Å². The number of nitrogens with zero attached hydrogens (tertiary/aromatic N) is 2. The molecule has 1 fully saturated rings. The number of piperazine rings is 1. The average Bonchev–Trinajstić information content (AvgIpc) is 2.80. The fourth-order valence-corrected chi connectivity index (χ4v) is 4.61. The summed E-state index contributed by atoms with van der Waals surface area (Å²) in [5.74, 6) is -0.130. The predicted octanol–water partition coefficient (Wildman–Crippen LogP) is 4.03. The first-order valence-corrected chi connectivity index (χ1v) is 10.7. The van der Waals surface area contributed by atoms with Crippen LogP contribution in [0.4, 0.5) is 5.69 Å². The highest BCUT2D eigenvalue weighted by atomic mass is 16.5. The van der Waals surface area contributed by atoms with Crippen LogP contribution in [0, 0.1) is 0 Å². The van der Waals surface area contributed by atoms with Gasteiger partial charge in [0.1, 0.15) is 5.41 Å². The van der Waals surface area contributed by atoms with Crippen molar-refractivity contribution < 1.29 is 9.53 Å². The van der Waals surface area contributed by atoms with Crippen molar-refractivity contribution in [2.75, 3.05) is 37.7 Å². The summed E-state index contributed by atoms with van der Waals surface area (Å²) in [6, 6.07) is 21.1. The van der Waals surface area contributed by atoms with E-state index in [1.54, 1.807) is 0 Å². The van der Waals surface area contributed by atoms with E-state index in [1.807, 2.05) is 37.3 Å². The van der Waals surface area contributed by atoms with Gasteiger partial charge < -0.3 is 9.64 Å². The van der Waals surface area contributed by atoms with Gasteiger partial charge in [-0.05, 0) is 37.5 Å². The average molecular weight is 391 g/mol. The summed E-state index contributed by atoms with van der Waals surface area (Å²) in [6.07, 6.45) is 6.11. The van der Waals surface area contributed by atoms with E-state index in [1.165, 1.54) is 5.69 Å². The third-order valence-corrected chi connectivity index (χ3v) is 6.27. The number of carbonyl (C=O) groups excluding carboxylic acids is 1. The Morgan fingerprint density at radius 2 is 1.66 bits per heavy atom. The molecule has 2 unspecified atom stereocenters. The minimum Gasteiger partial charge on any atom is -0.465 e. The van der Waals surface area contributed by atoms with Crippen molar-refractivity contribution in [2.45, 2.75) is 31.2 Å². The van der Waals surface area contributed by atoms with Gasteiger partial charge in [-0.1, -0.05) is 60.7 Å². The molecule has 29 heavy (non-hydrogen) atoms. The predicted molar refractivity (Wildman–Crippen MR) is 117 cm³/mol. The molecule has 0 bridgehead atoms. The topological polar surface area (TPSA) is 32.8 Å². The van der Waals surface area contributed by atoms with Gasteiger partial charge in [0.25, 0.3) is 0 Å². The summed E-state index contributed by atoms with van der Waals surface area (Å²) in [4.78, 5) is 17.9. The normalized spacial score (nSPS) is 25.0. The Bertz CT molecular complexity index is 828. The monoisotopic (exact) mass is 390 g/mol. The molecule has 0 radical (unpaired) electrons. The Kier molecular flexibility index (Phi) is 6.00. The number of para-hydroxylation sites is 1. The zero-order valence-electron chi connectivity index (χ0n) is 17.2. The number of carbonyl (C=O) groups is 1. The highest BCUT2D eigenvalue weighted by molar-refractivity contribution is 5.86. The van der Waals surface area contributed by atoms with Crippen LogP contribution in [0.15, 0.2) is 72.8 Å². The summed E-state index contributed by atoms with van der Waals surface area (Å²) in [5.41, 5.74) is 1.68. The Hall–Kier alpha value is -2.59. The fraction of sp³-hybridized carbons (Fsp3) is 0.400. The maximum atomic E-state index is 12.9. The van der Waals surface area contributed by atoms with Crippen molar-refractivity contribution in [3.8, 4) is 0 Å². The first kappa shape index (κ1) is 19.7.